The average molecular weight is 851 g/mol. The molecule has 2 heterocycles. The molecule has 0 aliphatic heterocycles. The van der Waals surface area contributed by atoms with Crippen molar-refractivity contribution >= 4 is 75.6 Å². The largest absolute Gasteiger partial charge is 0.456 e. The van der Waals surface area contributed by atoms with Gasteiger partial charge in [0.1, 0.15) is 11.3 Å². The molecule has 0 saturated heterocycles. The van der Waals surface area contributed by atoms with Crippen LogP contribution in [0.25, 0.3) is 143 Å². The van der Waals surface area contributed by atoms with Crippen LogP contribution in [0.5, 0.6) is 0 Å². The molecule has 14 aromatic rings. The highest BCUT2D eigenvalue weighted by Gasteiger charge is 2.18. The van der Waals surface area contributed by atoms with Gasteiger partial charge in [-0.1, -0.05) is 194 Å². The van der Waals surface area contributed by atoms with Crippen LogP contribution in [0.1, 0.15) is 0 Å². The molecular formula is C64H38N2O. The molecule has 0 atom stereocenters. The molecule has 67 heavy (non-hydrogen) atoms. The van der Waals surface area contributed by atoms with E-state index in [9.17, 15) is 0 Å². The summed E-state index contributed by atoms with van der Waals surface area (Å²) in [6.45, 7) is 0. The molecule has 0 fully saturated rings. The molecule has 0 unspecified atom stereocenters. The van der Waals surface area contributed by atoms with Gasteiger partial charge in [0.05, 0.1) is 11.4 Å². The van der Waals surface area contributed by atoms with Gasteiger partial charge in [0, 0.05) is 27.6 Å². The maximum Gasteiger partial charge on any atom is 0.160 e. The van der Waals surface area contributed by atoms with E-state index in [1.807, 2.05) is 36.4 Å². The van der Waals surface area contributed by atoms with E-state index in [1.54, 1.807) is 0 Å². The molecule has 310 valence electrons. The van der Waals surface area contributed by atoms with Crippen molar-refractivity contribution in [1.82, 2.24) is 9.97 Å². The molecule has 3 nitrogen and oxygen atoms in total. The second-order valence-corrected chi connectivity index (χ2v) is 17.7. The Bertz CT molecular complexity index is 4210. The fourth-order valence-corrected chi connectivity index (χ4v) is 10.6. The molecule has 0 radical (unpaired) electrons. The summed E-state index contributed by atoms with van der Waals surface area (Å²) in [6.07, 6.45) is 0. The summed E-state index contributed by atoms with van der Waals surface area (Å²) >= 11 is 0. The molecule has 0 saturated carbocycles. The summed E-state index contributed by atoms with van der Waals surface area (Å²) in [5.74, 6) is 1.53. The fraction of sp³-hybridized carbons (Fsp3) is 0. The molecule has 12 aromatic carbocycles. The highest BCUT2D eigenvalue weighted by molar-refractivity contribution is 6.37. The van der Waals surface area contributed by atoms with Crippen LogP contribution in [-0.2, 0) is 0 Å². The van der Waals surface area contributed by atoms with Crippen molar-refractivity contribution in [2.75, 3.05) is 0 Å². The molecule has 0 aliphatic carbocycles. The maximum atomic E-state index is 6.17. The predicted octanol–water partition coefficient (Wildman–Crippen LogP) is 17.6. The molecule has 0 amide bonds. The van der Waals surface area contributed by atoms with Crippen molar-refractivity contribution in [3.8, 4) is 67.5 Å². The lowest BCUT2D eigenvalue weighted by molar-refractivity contribution is 0.631. The fourth-order valence-electron chi connectivity index (χ4n) is 10.6. The lowest BCUT2D eigenvalue weighted by Crippen LogP contribution is -1.96. The quantitative estimate of drug-likeness (QED) is 0.156. The Morgan fingerprint density at radius 1 is 0.254 bits per heavy atom. The van der Waals surface area contributed by atoms with Crippen molar-refractivity contribution < 1.29 is 4.42 Å². The van der Waals surface area contributed by atoms with Crippen LogP contribution in [0, 0.1) is 0 Å². The molecule has 0 N–H and O–H groups in total. The Balaban J connectivity index is 0.861. The lowest BCUT2D eigenvalue weighted by Gasteiger charge is -2.17. The van der Waals surface area contributed by atoms with Gasteiger partial charge in [0.25, 0.3) is 0 Å². The van der Waals surface area contributed by atoms with Crippen LogP contribution in [-0.4, -0.2) is 9.97 Å². The molecule has 2 aromatic heterocycles. The van der Waals surface area contributed by atoms with E-state index in [2.05, 4.69) is 194 Å². The minimum atomic E-state index is 0.688. The molecule has 0 bridgehead atoms. The van der Waals surface area contributed by atoms with E-state index in [0.717, 1.165) is 61.5 Å². The Labute approximate surface area is 386 Å². The zero-order valence-electron chi connectivity index (χ0n) is 36.2. The summed E-state index contributed by atoms with van der Waals surface area (Å²) in [4.78, 5) is 10.2. The normalized spacial score (nSPS) is 11.9. The van der Waals surface area contributed by atoms with E-state index in [1.165, 1.54) is 75.8 Å². The number of hydrogen-bond acceptors (Lipinski definition) is 3. The van der Waals surface area contributed by atoms with Gasteiger partial charge in [0.15, 0.2) is 5.82 Å². The van der Waals surface area contributed by atoms with Gasteiger partial charge in [0.2, 0.25) is 0 Å². The Morgan fingerprint density at radius 3 is 1.36 bits per heavy atom. The van der Waals surface area contributed by atoms with Crippen LogP contribution >= 0.6 is 0 Å². The zero-order chi connectivity index (χ0) is 44.0. The smallest absolute Gasteiger partial charge is 0.160 e. The van der Waals surface area contributed by atoms with Crippen LogP contribution < -0.4 is 0 Å². The molecule has 14 rings (SSSR count). The Kier molecular flexibility index (Phi) is 8.28. The first-order valence-corrected chi connectivity index (χ1v) is 22.9. The average Bonchev–Trinajstić information content (AvgIpc) is 3.84. The first kappa shape index (κ1) is 37.5. The second kappa shape index (κ2) is 14.8. The van der Waals surface area contributed by atoms with Crippen molar-refractivity contribution in [2.45, 2.75) is 0 Å². The van der Waals surface area contributed by atoms with E-state index in [0.29, 0.717) is 5.82 Å². The summed E-state index contributed by atoms with van der Waals surface area (Å²) in [5, 5.41) is 16.5. The first-order chi connectivity index (χ1) is 33.2. The SMILES string of the molecule is c1ccc(-c2nc(-c3ccc(-c4cccc(-c5cc6ccc7cccc8c9cccc%10ccc%11cccc(c(c5)c6c78)c%11c%109)c4)cc3)cc(-c3ccc(-c4cc5ccccc5o4)cc3)n2)cc1. The van der Waals surface area contributed by atoms with E-state index < -0.39 is 0 Å². The highest BCUT2D eigenvalue weighted by atomic mass is 16.3. The van der Waals surface area contributed by atoms with Gasteiger partial charge in [-0.3, -0.25) is 0 Å². The number of fused-ring (bicyclic) bond motifs is 3. The third kappa shape index (κ3) is 6.13. The van der Waals surface area contributed by atoms with Crippen molar-refractivity contribution in [1.29, 1.82) is 0 Å². The van der Waals surface area contributed by atoms with Gasteiger partial charge in [-0.15, -0.1) is 0 Å². The van der Waals surface area contributed by atoms with Crippen molar-refractivity contribution in [3.05, 3.63) is 231 Å². The first-order valence-electron chi connectivity index (χ1n) is 22.9. The molecule has 3 heteroatoms. The zero-order valence-corrected chi connectivity index (χ0v) is 36.2. The van der Waals surface area contributed by atoms with Crippen molar-refractivity contribution in [3.63, 3.8) is 0 Å². The van der Waals surface area contributed by atoms with Gasteiger partial charge in [-0.05, 0) is 123 Å². The second-order valence-electron chi connectivity index (χ2n) is 17.7. The standard InChI is InChI=1S/C64H38N2O/c1-2-10-46(11-3-1)64-65-56(38-57(66-64)41-26-28-42(29-27-41)59-37-49-12-4-5-21-58(49)67-59)40-24-22-39(23-25-40)47-16-6-17-48(34-47)51-35-50-33-32-45-14-8-19-53-52-18-7-13-43-30-31-44-15-9-20-54(62(44)60(43)52)55(36-51)63(50)61(45)53/h1-38H. The third-order valence-electron chi connectivity index (χ3n) is 13.8. The number of furan rings is 1. The van der Waals surface area contributed by atoms with Gasteiger partial charge >= 0.3 is 0 Å². The van der Waals surface area contributed by atoms with Crippen LogP contribution in [0.4, 0.5) is 0 Å². The minimum absolute atomic E-state index is 0.688. The Morgan fingerprint density at radius 2 is 0.731 bits per heavy atom. The number of benzene rings is 11. The summed E-state index contributed by atoms with van der Waals surface area (Å²) in [7, 11) is 0. The monoisotopic (exact) mass is 850 g/mol. The van der Waals surface area contributed by atoms with Crippen LogP contribution in [0.2, 0.25) is 0 Å². The predicted molar refractivity (Wildman–Crippen MR) is 281 cm³/mol. The van der Waals surface area contributed by atoms with Gasteiger partial charge in [-0.25, -0.2) is 9.97 Å². The third-order valence-corrected chi connectivity index (χ3v) is 13.8. The van der Waals surface area contributed by atoms with Crippen LogP contribution in [0.15, 0.2) is 235 Å². The molecule has 0 aliphatic rings. The highest BCUT2D eigenvalue weighted by Crippen LogP contribution is 2.45. The summed E-state index contributed by atoms with van der Waals surface area (Å²) in [6, 6.07) is 83.1. The topological polar surface area (TPSA) is 38.9 Å². The van der Waals surface area contributed by atoms with E-state index in [4.69, 9.17) is 14.4 Å². The van der Waals surface area contributed by atoms with E-state index >= 15 is 0 Å². The lowest BCUT2D eigenvalue weighted by atomic mass is 9.86. The summed E-state index contributed by atoms with van der Waals surface area (Å²) < 4.78 is 6.17. The van der Waals surface area contributed by atoms with Crippen molar-refractivity contribution in [2.24, 2.45) is 0 Å². The minimum Gasteiger partial charge on any atom is -0.456 e. The number of aromatic nitrogens is 2. The molecule has 0 spiro atoms. The number of para-hydroxylation sites is 1. The van der Waals surface area contributed by atoms with Gasteiger partial charge < -0.3 is 4.42 Å². The number of hydrogen-bond donors (Lipinski definition) is 0. The Hall–Kier alpha value is -8.92. The summed E-state index contributed by atoms with van der Waals surface area (Å²) in [5.41, 5.74) is 11.3. The number of nitrogens with zero attached hydrogens (tertiary/aromatic N) is 2. The maximum absolute atomic E-state index is 6.17. The van der Waals surface area contributed by atoms with E-state index in [-0.39, 0.29) is 0 Å². The molecular weight excluding hydrogens is 813 g/mol. The number of rotatable bonds is 6. The van der Waals surface area contributed by atoms with Gasteiger partial charge in [-0.2, -0.15) is 0 Å². The van der Waals surface area contributed by atoms with Crippen LogP contribution in [0.3, 0.4) is 0 Å².